The Hall–Kier alpha value is -1.68. The molecule has 100 valence electrons. The standard InChI is InChI=1S/C15H17FN2O/c1-19-15-11-8-10(16)4-5-12(11)18-13(6-7-17)14(15)9-2-3-9/h4-5,8-9H,2-3,6-7,17H2,1H3. The van der Waals surface area contributed by atoms with Gasteiger partial charge in [0.05, 0.1) is 12.6 Å². The number of ether oxygens (including phenoxy) is 1. The molecule has 0 bridgehead atoms. The number of pyridine rings is 1. The van der Waals surface area contributed by atoms with Crippen LogP contribution in [0, 0.1) is 5.82 Å². The van der Waals surface area contributed by atoms with Crippen LogP contribution in [0.2, 0.25) is 0 Å². The second-order valence-electron chi connectivity index (χ2n) is 4.98. The van der Waals surface area contributed by atoms with E-state index in [2.05, 4.69) is 4.98 Å². The molecule has 1 saturated carbocycles. The predicted molar refractivity (Wildman–Crippen MR) is 73.0 cm³/mol. The van der Waals surface area contributed by atoms with Gasteiger partial charge in [0.15, 0.2) is 0 Å². The van der Waals surface area contributed by atoms with Crippen LogP contribution in [-0.2, 0) is 6.42 Å². The van der Waals surface area contributed by atoms with Crippen LogP contribution in [0.15, 0.2) is 18.2 Å². The average Bonchev–Trinajstić information content (AvgIpc) is 3.22. The van der Waals surface area contributed by atoms with E-state index in [1.54, 1.807) is 13.2 Å². The lowest BCUT2D eigenvalue weighted by Gasteiger charge is -2.15. The summed E-state index contributed by atoms with van der Waals surface area (Å²) in [4.78, 5) is 4.65. The van der Waals surface area contributed by atoms with Gasteiger partial charge >= 0.3 is 0 Å². The van der Waals surface area contributed by atoms with E-state index < -0.39 is 0 Å². The van der Waals surface area contributed by atoms with Crippen molar-refractivity contribution in [2.75, 3.05) is 13.7 Å². The molecule has 0 radical (unpaired) electrons. The van der Waals surface area contributed by atoms with Crippen LogP contribution in [0.4, 0.5) is 4.39 Å². The molecular formula is C15H17FN2O. The summed E-state index contributed by atoms with van der Waals surface area (Å²) in [7, 11) is 1.64. The summed E-state index contributed by atoms with van der Waals surface area (Å²) in [5, 5.41) is 0.755. The Bertz CT molecular complexity index is 623. The minimum atomic E-state index is -0.263. The van der Waals surface area contributed by atoms with Crippen LogP contribution >= 0.6 is 0 Å². The van der Waals surface area contributed by atoms with E-state index >= 15 is 0 Å². The maximum Gasteiger partial charge on any atom is 0.133 e. The lowest BCUT2D eigenvalue weighted by molar-refractivity contribution is 0.413. The van der Waals surface area contributed by atoms with Crippen LogP contribution in [0.1, 0.15) is 30.0 Å². The van der Waals surface area contributed by atoms with Crippen LogP contribution in [-0.4, -0.2) is 18.6 Å². The van der Waals surface area contributed by atoms with Gasteiger partial charge in [-0.1, -0.05) is 0 Å². The lowest BCUT2D eigenvalue weighted by atomic mass is 10.0. The van der Waals surface area contributed by atoms with Gasteiger partial charge in [-0.2, -0.15) is 0 Å². The van der Waals surface area contributed by atoms with E-state index in [-0.39, 0.29) is 5.82 Å². The molecule has 3 rings (SSSR count). The van der Waals surface area contributed by atoms with Crippen molar-refractivity contribution in [2.45, 2.75) is 25.2 Å². The van der Waals surface area contributed by atoms with Crippen LogP contribution in [0.3, 0.4) is 0 Å². The zero-order valence-electron chi connectivity index (χ0n) is 10.9. The molecule has 2 aromatic rings. The Morgan fingerprint density at radius 3 is 2.84 bits per heavy atom. The summed E-state index contributed by atoms with van der Waals surface area (Å²) >= 11 is 0. The van der Waals surface area contributed by atoms with E-state index in [0.717, 1.165) is 47.2 Å². The average molecular weight is 260 g/mol. The van der Waals surface area contributed by atoms with Crippen molar-refractivity contribution in [1.29, 1.82) is 0 Å². The SMILES string of the molecule is COc1c(C2CC2)c(CCN)nc2ccc(F)cc12. The van der Waals surface area contributed by atoms with Gasteiger partial charge in [0.25, 0.3) is 0 Å². The van der Waals surface area contributed by atoms with Crippen LogP contribution in [0.5, 0.6) is 5.75 Å². The molecule has 0 aliphatic heterocycles. The highest BCUT2D eigenvalue weighted by atomic mass is 19.1. The number of nitrogens with two attached hydrogens (primary N) is 1. The summed E-state index contributed by atoms with van der Waals surface area (Å²) < 4.78 is 19.0. The molecular weight excluding hydrogens is 243 g/mol. The van der Waals surface area contributed by atoms with Crippen molar-refractivity contribution in [3.05, 3.63) is 35.3 Å². The number of halogens is 1. The fourth-order valence-electron chi connectivity index (χ4n) is 2.61. The van der Waals surface area contributed by atoms with Crippen molar-refractivity contribution in [3.8, 4) is 5.75 Å². The maximum atomic E-state index is 13.4. The minimum absolute atomic E-state index is 0.263. The molecule has 0 atom stereocenters. The molecule has 1 aromatic heterocycles. The molecule has 0 unspecified atom stereocenters. The van der Waals surface area contributed by atoms with E-state index in [9.17, 15) is 4.39 Å². The van der Waals surface area contributed by atoms with E-state index in [4.69, 9.17) is 10.5 Å². The molecule has 3 nitrogen and oxygen atoms in total. The minimum Gasteiger partial charge on any atom is -0.496 e. The summed E-state index contributed by atoms with van der Waals surface area (Å²) in [6.45, 7) is 0.558. The fraction of sp³-hybridized carbons (Fsp3) is 0.400. The maximum absolute atomic E-state index is 13.4. The number of benzene rings is 1. The first kappa shape index (κ1) is 12.4. The third-order valence-corrected chi connectivity index (χ3v) is 3.59. The van der Waals surface area contributed by atoms with Gasteiger partial charge in [0.2, 0.25) is 0 Å². The Labute approximate surface area is 111 Å². The van der Waals surface area contributed by atoms with E-state index in [0.29, 0.717) is 12.5 Å². The third-order valence-electron chi connectivity index (χ3n) is 3.59. The summed E-state index contributed by atoms with van der Waals surface area (Å²) in [6, 6.07) is 4.63. The molecule has 4 heteroatoms. The van der Waals surface area contributed by atoms with Gasteiger partial charge in [-0.05, 0) is 43.5 Å². The highest BCUT2D eigenvalue weighted by Gasteiger charge is 2.31. The molecule has 2 N–H and O–H groups in total. The molecule has 1 aliphatic rings. The second-order valence-corrected chi connectivity index (χ2v) is 4.98. The van der Waals surface area contributed by atoms with Gasteiger partial charge in [0.1, 0.15) is 11.6 Å². The Morgan fingerprint density at radius 1 is 1.42 bits per heavy atom. The predicted octanol–water partition coefficient (Wildman–Crippen LogP) is 2.76. The Balaban J connectivity index is 2.29. The van der Waals surface area contributed by atoms with Gasteiger partial charge < -0.3 is 10.5 Å². The molecule has 1 fully saturated rings. The topological polar surface area (TPSA) is 48.1 Å². The van der Waals surface area contributed by atoms with Gasteiger partial charge in [-0.3, -0.25) is 4.98 Å². The monoisotopic (exact) mass is 260 g/mol. The molecule has 19 heavy (non-hydrogen) atoms. The number of nitrogens with zero attached hydrogens (tertiary/aromatic N) is 1. The zero-order valence-corrected chi connectivity index (χ0v) is 10.9. The molecule has 0 saturated heterocycles. The molecule has 0 spiro atoms. The first-order valence-corrected chi connectivity index (χ1v) is 6.60. The number of methoxy groups -OCH3 is 1. The molecule has 1 aromatic carbocycles. The van der Waals surface area contributed by atoms with Crippen LogP contribution in [0.25, 0.3) is 10.9 Å². The summed E-state index contributed by atoms with van der Waals surface area (Å²) in [6.07, 6.45) is 3.03. The van der Waals surface area contributed by atoms with Gasteiger partial charge in [-0.15, -0.1) is 0 Å². The van der Waals surface area contributed by atoms with E-state index in [1.165, 1.54) is 12.1 Å². The Morgan fingerprint density at radius 2 is 2.21 bits per heavy atom. The zero-order chi connectivity index (χ0) is 13.4. The lowest BCUT2D eigenvalue weighted by Crippen LogP contribution is -2.09. The quantitative estimate of drug-likeness (QED) is 0.919. The van der Waals surface area contributed by atoms with Crippen molar-refractivity contribution in [1.82, 2.24) is 4.98 Å². The summed E-state index contributed by atoms with van der Waals surface area (Å²) in [5.74, 6) is 1.01. The molecule has 0 amide bonds. The Kier molecular flexibility index (Phi) is 3.11. The van der Waals surface area contributed by atoms with Gasteiger partial charge in [-0.25, -0.2) is 4.39 Å². The fourth-order valence-corrected chi connectivity index (χ4v) is 2.61. The van der Waals surface area contributed by atoms with Gasteiger partial charge in [0, 0.05) is 23.1 Å². The first-order valence-electron chi connectivity index (χ1n) is 6.60. The van der Waals surface area contributed by atoms with E-state index in [1.807, 2.05) is 0 Å². The van der Waals surface area contributed by atoms with Crippen molar-refractivity contribution >= 4 is 10.9 Å². The number of fused-ring (bicyclic) bond motifs is 1. The molecule has 1 heterocycles. The van der Waals surface area contributed by atoms with Crippen LogP contribution < -0.4 is 10.5 Å². The first-order chi connectivity index (χ1) is 9.24. The van der Waals surface area contributed by atoms with Crippen molar-refractivity contribution < 1.29 is 9.13 Å². The number of rotatable bonds is 4. The smallest absolute Gasteiger partial charge is 0.133 e. The third kappa shape index (κ3) is 2.16. The largest absolute Gasteiger partial charge is 0.496 e. The number of aromatic nitrogens is 1. The van der Waals surface area contributed by atoms with Crippen molar-refractivity contribution in [2.24, 2.45) is 5.73 Å². The highest BCUT2D eigenvalue weighted by Crippen LogP contribution is 2.47. The number of hydrogen-bond acceptors (Lipinski definition) is 3. The number of hydrogen-bond donors (Lipinski definition) is 1. The molecule has 1 aliphatic carbocycles. The summed E-state index contributed by atoms with van der Waals surface area (Å²) in [5.41, 5.74) is 8.57. The second kappa shape index (κ2) is 4.78. The highest BCUT2D eigenvalue weighted by molar-refractivity contribution is 5.87. The normalized spacial score (nSPS) is 14.9. The van der Waals surface area contributed by atoms with Crippen molar-refractivity contribution in [3.63, 3.8) is 0 Å².